The molecule has 6 nitrogen and oxygen atoms in total. The maximum absolute atomic E-state index is 13.1. The Morgan fingerprint density at radius 2 is 1.97 bits per heavy atom. The number of hydrogen-bond donors (Lipinski definition) is 2. The first-order chi connectivity index (χ1) is 14.9. The Labute approximate surface area is 186 Å². The molecule has 1 aliphatic rings. The fourth-order valence-electron chi connectivity index (χ4n) is 3.88. The topological polar surface area (TPSA) is 62.2 Å². The Morgan fingerprint density at radius 1 is 1.19 bits per heavy atom. The van der Waals surface area contributed by atoms with Crippen LogP contribution in [0.5, 0.6) is 0 Å². The lowest BCUT2D eigenvalue weighted by atomic mass is 10.0. The van der Waals surface area contributed by atoms with Gasteiger partial charge in [-0.25, -0.2) is 4.39 Å². The molecular formula is C23H24FN5OS. The minimum Gasteiger partial charge on any atom is -0.352 e. The summed E-state index contributed by atoms with van der Waals surface area (Å²) in [6.45, 7) is 2.50. The van der Waals surface area contributed by atoms with Crippen molar-refractivity contribution in [3.05, 3.63) is 83.7 Å². The van der Waals surface area contributed by atoms with E-state index in [0.29, 0.717) is 17.3 Å². The lowest BCUT2D eigenvalue weighted by Crippen LogP contribution is -2.33. The maximum atomic E-state index is 13.1. The van der Waals surface area contributed by atoms with Gasteiger partial charge in [0.2, 0.25) is 5.91 Å². The standard InChI is InChI=1S/C23H24FN5OS/c1-15-6-11-19(28(15)2)22-21(18-5-3-4-13-25-18)27-23(31)29(22)14-12-20(30)26-17-9-7-16(24)8-10-17/h3-11,13,21-22H,12,14H2,1-2H3,(H,26,30)(H,27,31)/t21-,22-/m1/s1. The van der Waals surface area contributed by atoms with Gasteiger partial charge in [-0.1, -0.05) is 6.07 Å². The van der Waals surface area contributed by atoms with Gasteiger partial charge < -0.3 is 20.1 Å². The average molecular weight is 438 g/mol. The fraction of sp³-hybridized carbons (Fsp3) is 0.261. The molecule has 1 saturated heterocycles. The van der Waals surface area contributed by atoms with Crippen LogP contribution in [0.2, 0.25) is 0 Å². The minimum absolute atomic E-state index is 0.0975. The van der Waals surface area contributed by atoms with Gasteiger partial charge in [0.25, 0.3) is 0 Å². The quantitative estimate of drug-likeness (QED) is 0.574. The number of carbonyl (C=O) groups excluding carboxylic acids is 1. The van der Waals surface area contributed by atoms with Crippen molar-refractivity contribution in [3.63, 3.8) is 0 Å². The van der Waals surface area contributed by atoms with Crippen LogP contribution in [0.3, 0.4) is 0 Å². The second-order valence-corrected chi connectivity index (χ2v) is 7.97. The third-order valence-corrected chi connectivity index (χ3v) is 5.97. The third kappa shape index (κ3) is 4.44. The van der Waals surface area contributed by atoms with Crippen LogP contribution in [-0.2, 0) is 11.8 Å². The molecule has 3 aromatic rings. The van der Waals surface area contributed by atoms with Crippen LogP contribution in [0.25, 0.3) is 0 Å². The van der Waals surface area contributed by atoms with Crippen LogP contribution in [-0.4, -0.2) is 32.0 Å². The van der Waals surface area contributed by atoms with Crippen LogP contribution in [0.4, 0.5) is 10.1 Å². The monoisotopic (exact) mass is 437 g/mol. The van der Waals surface area contributed by atoms with Gasteiger partial charge in [-0.2, -0.15) is 0 Å². The number of benzene rings is 1. The summed E-state index contributed by atoms with van der Waals surface area (Å²) >= 11 is 5.65. The number of halogens is 1. The van der Waals surface area contributed by atoms with Gasteiger partial charge in [0.05, 0.1) is 17.8 Å². The molecule has 0 unspecified atom stereocenters. The summed E-state index contributed by atoms with van der Waals surface area (Å²) in [5, 5.41) is 6.79. The van der Waals surface area contributed by atoms with Gasteiger partial charge >= 0.3 is 0 Å². The highest BCUT2D eigenvalue weighted by Gasteiger charge is 2.41. The summed E-state index contributed by atoms with van der Waals surface area (Å²) < 4.78 is 15.2. The number of pyridine rings is 1. The summed E-state index contributed by atoms with van der Waals surface area (Å²) in [5.74, 6) is -0.495. The largest absolute Gasteiger partial charge is 0.352 e. The average Bonchev–Trinajstić information content (AvgIpc) is 3.27. The van der Waals surface area contributed by atoms with E-state index in [9.17, 15) is 9.18 Å². The van der Waals surface area contributed by atoms with E-state index in [1.165, 1.54) is 12.1 Å². The molecule has 31 heavy (non-hydrogen) atoms. The van der Waals surface area contributed by atoms with Gasteiger partial charge in [-0.05, 0) is 67.7 Å². The van der Waals surface area contributed by atoms with Crippen molar-refractivity contribution in [2.24, 2.45) is 7.05 Å². The number of hydrogen-bond acceptors (Lipinski definition) is 3. The van der Waals surface area contributed by atoms with E-state index >= 15 is 0 Å². The van der Waals surface area contributed by atoms with Crippen LogP contribution in [0.15, 0.2) is 60.8 Å². The highest BCUT2D eigenvalue weighted by molar-refractivity contribution is 7.80. The highest BCUT2D eigenvalue weighted by Crippen LogP contribution is 2.38. The molecule has 4 rings (SSSR count). The number of rotatable bonds is 6. The molecule has 0 saturated carbocycles. The highest BCUT2D eigenvalue weighted by atomic mass is 32.1. The van der Waals surface area contributed by atoms with Crippen molar-refractivity contribution < 1.29 is 9.18 Å². The third-order valence-electron chi connectivity index (χ3n) is 5.62. The maximum Gasteiger partial charge on any atom is 0.226 e. The normalized spacial score (nSPS) is 18.2. The Hall–Kier alpha value is -3.26. The molecule has 2 N–H and O–H groups in total. The minimum atomic E-state index is -0.340. The van der Waals surface area contributed by atoms with E-state index in [4.69, 9.17) is 12.2 Å². The van der Waals surface area contributed by atoms with Gasteiger partial charge in [0.1, 0.15) is 5.82 Å². The Balaban J connectivity index is 1.54. The summed E-state index contributed by atoms with van der Waals surface area (Å²) in [6, 6.07) is 15.5. The molecule has 2 aromatic heterocycles. The first kappa shape index (κ1) is 21.0. The van der Waals surface area contributed by atoms with Crippen LogP contribution >= 0.6 is 12.2 Å². The first-order valence-electron chi connectivity index (χ1n) is 10.1. The summed E-state index contributed by atoms with van der Waals surface area (Å²) in [6.07, 6.45) is 2.01. The second-order valence-electron chi connectivity index (χ2n) is 7.58. The number of thiocarbonyl (C=S) groups is 1. The Bertz CT molecular complexity index is 1080. The van der Waals surface area contributed by atoms with Crippen molar-refractivity contribution in [1.82, 2.24) is 19.8 Å². The number of anilines is 1. The van der Waals surface area contributed by atoms with Gasteiger partial charge in [-0.3, -0.25) is 9.78 Å². The number of amides is 1. The molecule has 1 aromatic carbocycles. The smallest absolute Gasteiger partial charge is 0.226 e. The number of carbonyl (C=O) groups is 1. The zero-order valence-corrected chi connectivity index (χ0v) is 18.2. The number of nitrogens with zero attached hydrogens (tertiary/aromatic N) is 3. The van der Waals surface area contributed by atoms with E-state index in [2.05, 4.69) is 39.2 Å². The van der Waals surface area contributed by atoms with E-state index in [-0.39, 0.29) is 30.2 Å². The van der Waals surface area contributed by atoms with Crippen molar-refractivity contribution >= 4 is 28.9 Å². The fourth-order valence-corrected chi connectivity index (χ4v) is 4.21. The second kappa shape index (κ2) is 8.85. The predicted molar refractivity (Wildman–Crippen MR) is 122 cm³/mol. The summed E-state index contributed by atoms with van der Waals surface area (Å²) in [5.41, 5.74) is 3.70. The van der Waals surface area contributed by atoms with E-state index in [0.717, 1.165) is 17.1 Å². The molecule has 0 radical (unpaired) electrons. The van der Waals surface area contributed by atoms with E-state index < -0.39 is 0 Å². The lowest BCUT2D eigenvalue weighted by Gasteiger charge is -2.28. The van der Waals surface area contributed by atoms with Crippen LogP contribution in [0, 0.1) is 12.7 Å². The Kier molecular flexibility index (Phi) is 5.99. The predicted octanol–water partition coefficient (Wildman–Crippen LogP) is 3.87. The molecule has 2 atom stereocenters. The summed E-state index contributed by atoms with van der Waals surface area (Å²) in [7, 11) is 2.03. The zero-order chi connectivity index (χ0) is 22.0. The molecule has 1 amide bonds. The molecule has 1 aliphatic heterocycles. The van der Waals surface area contributed by atoms with Crippen molar-refractivity contribution in [1.29, 1.82) is 0 Å². The number of aromatic nitrogens is 2. The number of nitrogens with one attached hydrogen (secondary N) is 2. The lowest BCUT2D eigenvalue weighted by molar-refractivity contribution is -0.116. The molecular weight excluding hydrogens is 413 g/mol. The molecule has 160 valence electrons. The number of aryl methyl sites for hydroxylation is 1. The molecule has 0 spiro atoms. The van der Waals surface area contributed by atoms with E-state index in [1.807, 2.05) is 30.1 Å². The van der Waals surface area contributed by atoms with E-state index in [1.54, 1.807) is 18.3 Å². The molecule has 8 heteroatoms. The van der Waals surface area contributed by atoms with Crippen molar-refractivity contribution in [2.45, 2.75) is 25.4 Å². The van der Waals surface area contributed by atoms with Crippen LogP contribution in [0.1, 0.15) is 35.6 Å². The van der Waals surface area contributed by atoms with Crippen molar-refractivity contribution in [3.8, 4) is 0 Å². The van der Waals surface area contributed by atoms with Gasteiger partial charge in [0, 0.05) is 43.3 Å². The first-order valence-corrected chi connectivity index (χ1v) is 10.5. The summed E-state index contributed by atoms with van der Waals surface area (Å²) in [4.78, 5) is 19.1. The molecule has 0 bridgehead atoms. The zero-order valence-electron chi connectivity index (χ0n) is 17.4. The van der Waals surface area contributed by atoms with Crippen molar-refractivity contribution in [2.75, 3.05) is 11.9 Å². The molecule has 0 aliphatic carbocycles. The molecule has 1 fully saturated rings. The Morgan fingerprint density at radius 3 is 2.61 bits per heavy atom. The van der Waals surface area contributed by atoms with Gasteiger partial charge in [-0.15, -0.1) is 0 Å². The van der Waals surface area contributed by atoms with Crippen LogP contribution < -0.4 is 10.6 Å². The van der Waals surface area contributed by atoms with Gasteiger partial charge in [0.15, 0.2) is 5.11 Å². The molecule has 3 heterocycles. The SMILES string of the molecule is Cc1ccc([C@@H]2[C@@H](c3ccccn3)NC(=S)N2CCC(=O)Nc2ccc(F)cc2)n1C.